The van der Waals surface area contributed by atoms with E-state index in [1.165, 1.54) is 42.8 Å². The fourth-order valence-corrected chi connectivity index (χ4v) is 3.69. The fourth-order valence-electron chi connectivity index (χ4n) is 2.49. The van der Waals surface area contributed by atoms with Crippen molar-refractivity contribution >= 4 is 34.2 Å². The first-order chi connectivity index (χ1) is 10.2. The monoisotopic (exact) mass is 304 g/mol. The molecule has 0 unspecified atom stereocenters. The Labute approximate surface area is 126 Å². The maximum atomic E-state index is 10.9. The average molecular weight is 304 g/mol. The van der Waals surface area contributed by atoms with Crippen molar-refractivity contribution in [2.75, 3.05) is 23.4 Å². The van der Waals surface area contributed by atoms with Gasteiger partial charge in [-0.25, -0.2) is 9.97 Å². The van der Waals surface area contributed by atoms with Crippen LogP contribution in [-0.4, -0.2) is 32.9 Å². The number of nitro groups is 1. The Hall–Kier alpha value is -1.89. The summed E-state index contributed by atoms with van der Waals surface area (Å²) < 4.78 is 0. The van der Waals surface area contributed by atoms with E-state index in [0.29, 0.717) is 17.1 Å². The van der Waals surface area contributed by atoms with Gasteiger partial charge in [0.1, 0.15) is 12.1 Å². The molecule has 1 aromatic heterocycles. The van der Waals surface area contributed by atoms with Gasteiger partial charge in [-0.3, -0.25) is 10.1 Å². The Bertz CT molecular complexity index is 658. The van der Waals surface area contributed by atoms with Crippen LogP contribution in [0.4, 0.5) is 11.5 Å². The van der Waals surface area contributed by atoms with E-state index in [2.05, 4.69) is 15.3 Å². The van der Waals surface area contributed by atoms with Crippen LogP contribution >= 0.6 is 11.8 Å². The SMILES string of the molecule is O=[N+]([O-])c1ccc2ncnc(NCC3CCSCC3)c2c1. The van der Waals surface area contributed by atoms with Crippen molar-refractivity contribution in [3.05, 3.63) is 34.6 Å². The standard InChI is InChI=1S/C14H16N4O2S/c19-18(20)11-1-2-13-12(7-11)14(17-9-16-13)15-8-10-3-5-21-6-4-10/h1-2,7,9-10H,3-6,8H2,(H,15,16,17). The summed E-state index contributed by atoms with van der Waals surface area (Å²) >= 11 is 2.00. The summed E-state index contributed by atoms with van der Waals surface area (Å²) in [5, 5.41) is 14.9. The highest BCUT2D eigenvalue weighted by Crippen LogP contribution is 2.26. The van der Waals surface area contributed by atoms with Crippen LogP contribution in [0.1, 0.15) is 12.8 Å². The number of hydrogen-bond acceptors (Lipinski definition) is 6. The van der Waals surface area contributed by atoms with Gasteiger partial charge in [-0.2, -0.15) is 11.8 Å². The van der Waals surface area contributed by atoms with Crippen molar-refractivity contribution in [2.45, 2.75) is 12.8 Å². The number of anilines is 1. The normalized spacial score (nSPS) is 16.0. The molecule has 7 heteroatoms. The van der Waals surface area contributed by atoms with Crippen LogP contribution in [0, 0.1) is 16.0 Å². The van der Waals surface area contributed by atoms with E-state index in [9.17, 15) is 10.1 Å². The maximum Gasteiger partial charge on any atom is 0.270 e. The van der Waals surface area contributed by atoms with E-state index in [4.69, 9.17) is 0 Å². The number of fused-ring (bicyclic) bond motifs is 1. The molecule has 2 aromatic rings. The second kappa shape index (κ2) is 6.26. The molecule has 21 heavy (non-hydrogen) atoms. The number of hydrogen-bond donors (Lipinski definition) is 1. The summed E-state index contributed by atoms with van der Waals surface area (Å²) in [4.78, 5) is 18.9. The number of nitrogens with zero attached hydrogens (tertiary/aromatic N) is 3. The Kier molecular flexibility index (Phi) is 4.19. The molecule has 0 amide bonds. The van der Waals surface area contributed by atoms with Gasteiger partial charge in [0.05, 0.1) is 10.4 Å². The Morgan fingerprint density at radius 2 is 2.14 bits per heavy atom. The van der Waals surface area contributed by atoms with Crippen molar-refractivity contribution in [1.29, 1.82) is 0 Å². The van der Waals surface area contributed by atoms with Crippen LogP contribution in [0.15, 0.2) is 24.5 Å². The molecule has 3 rings (SSSR count). The summed E-state index contributed by atoms with van der Waals surface area (Å²) in [6, 6.07) is 4.67. The second-order valence-electron chi connectivity index (χ2n) is 5.12. The molecule has 110 valence electrons. The van der Waals surface area contributed by atoms with E-state index < -0.39 is 4.92 Å². The van der Waals surface area contributed by atoms with Crippen molar-refractivity contribution in [3.8, 4) is 0 Å². The molecule has 1 fully saturated rings. The highest BCUT2D eigenvalue weighted by molar-refractivity contribution is 7.99. The number of benzene rings is 1. The summed E-state index contributed by atoms with van der Waals surface area (Å²) in [7, 11) is 0. The van der Waals surface area contributed by atoms with E-state index in [1.807, 2.05) is 11.8 Å². The highest BCUT2D eigenvalue weighted by Gasteiger charge is 2.15. The molecule has 0 aliphatic carbocycles. The minimum Gasteiger partial charge on any atom is -0.369 e. The minimum absolute atomic E-state index is 0.0643. The van der Waals surface area contributed by atoms with Gasteiger partial charge in [0.2, 0.25) is 0 Å². The number of rotatable bonds is 4. The van der Waals surface area contributed by atoms with E-state index in [0.717, 1.165) is 12.1 Å². The molecule has 0 spiro atoms. The van der Waals surface area contributed by atoms with E-state index >= 15 is 0 Å². The Balaban J connectivity index is 1.83. The molecule has 2 heterocycles. The maximum absolute atomic E-state index is 10.9. The van der Waals surface area contributed by atoms with Crippen LogP contribution in [0.5, 0.6) is 0 Å². The van der Waals surface area contributed by atoms with Gasteiger partial charge in [-0.05, 0) is 36.3 Å². The smallest absolute Gasteiger partial charge is 0.270 e. The Morgan fingerprint density at radius 3 is 2.90 bits per heavy atom. The largest absolute Gasteiger partial charge is 0.369 e. The topological polar surface area (TPSA) is 81.0 Å². The van der Waals surface area contributed by atoms with Crippen LogP contribution in [0.2, 0.25) is 0 Å². The third kappa shape index (κ3) is 3.24. The van der Waals surface area contributed by atoms with E-state index in [-0.39, 0.29) is 5.69 Å². The predicted octanol–water partition coefficient (Wildman–Crippen LogP) is 3.09. The number of aromatic nitrogens is 2. The average Bonchev–Trinajstić information content (AvgIpc) is 2.53. The first-order valence-electron chi connectivity index (χ1n) is 6.95. The molecule has 6 nitrogen and oxygen atoms in total. The van der Waals surface area contributed by atoms with Gasteiger partial charge in [0, 0.05) is 24.1 Å². The Morgan fingerprint density at radius 1 is 1.33 bits per heavy atom. The third-order valence-corrected chi connectivity index (χ3v) is 4.78. The van der Waals surface area contributed by atoms with Crippen molar-refractivity contribution in [1.82, 2.24) is 9.97 Å². The van der Waals surface area contributed by atoms with Crippen molar-refractivity contribution < 1.29 is 4.92 Å². The lowest BCUT2D eigenvalue weighted by Crippen LogP contribution is -2.19. The first-order valence-corrected chi connectivity index (χ1v) is 8.10. The van der Waals surface area contributed by atoms with Gasteiger partial charge < -0.3 is 5.32 Å². The summed E-state index contributed by atoms with van der Waals surface area (Å²) in [6.07, 6.45) is 3.91. The zero-order valence-electron chi connectivity index (χ0n) is 11.5. The number of nitro benzene ring substituents is 1. The molecular weight excluding hydrogens is 288 g/mol. The van der Waals surface area contributed by atoms with Crippen LogP contribution in [0.3, 0.4) is 0 Å². The van der Waals surface area contributed by atoms with Gasteiger partial charge in [0.25, 0.3) is 5.69 Å². The van der Waals surface area contributed by atoms with Crippen LogP contribution in [-0.2, 0) is 0 Å². The molecule has 0 saturated carbocycles. The lowest BCUT2D eigenvalue weighted by molar-refractivity contribution is -0.384. The quantitative estimate of drug-likeness (QED) is 0.690. The molecular formula is C14H16N4O2S. The van der Waals surface area contributed by atoms with E-state index in [1.54, 1.807) is 6.07 Å². The van der Waals surface area contributed by atoms with Crippen LogP contribution in [0.25, 0.3) is 10.9 Å². The minimum atomic E-state index is -0.394. The summed E-state index contributed by atoms with van der Waals surface area (Å²) in [5.74, 6) is 3.75. The lowest BCUT2D eigenvalue weighted by Gasteiger charge is -2.22. The molecule has 0 radical (unpaired) electrons. The summed E-state index contributed by atoms with van der Waals surface area (Å²) in [5.41, 5.74) is 0.784. The molecule has 1 aliphatic heterocycles. The molecule has 0 atom stereocenters. The predicted molar refractivity (Wildman–Crippen MR) is 84.7 cm³/mol. The third-order valence-electron chi connectivity index (χ3n) is 3.73. The molecule has 1 saturated heterocycles. The number of non-ortho nitro benzene ring substituents is 1. The van der Waals surface area contributed by atoms with Gasteiger partial charge in [0.15, 0.2) is 0 Å². The zero-order chi connectivity index (χ0) is 14.7. The molecule has 1 aromatic carbocycles. The zero-order valence-corrected chi connectivity index (χ0v) is 12.3. The van der Waals surface area contributed by atoms with Crippen molar-refractivity contribution in [3.63, 3.8) is 0 Å². The molecule has 1 aliphatic rings. The first kappa shape index (κ1) is 14.1. The lowest BCUT2D eigenvalue weighted by atomic mass is 10.0. The molecule has 1 N–H and O–H groups in total. The van der Waals surface area contributed by atoms with Gasteiger partial charge >= 0.3 is 0 Å². The fraction of sp³-hybridized carbons (Fsp3) is 0.429. The van der Waals surface area contributed by atoms with Gasteiger partial charge in [-0.1, -0.05) is 0 Å². The summed E-state index contributed by atoms with van der Waals surface area (Å²) in [6.45, 7) is 0.857. The number of nitrogens with one attached hydrogen (secondary N) is 1. The van der Waals surface area contributed by atoms with Gasteiger partial charge in [-0.15, -0.1) is 0 Å². The second-order valence-corrected chi connectivity index (χ2v) is 6.34. The van der Waals surface area contributed by atoms with Crippen molar-refractivity contribution in [2.24, 2.45) is 5.92 Å². The highest BCUT2D eigenvalue weighted by atomic mass is 32.2. The molecule has 0 bridgehead atoms. The van der Waals surface area contributed by atoms with Crippen LogP contribution < -0.4 is 5.32 Å². The number of thioether (sulfide) groups is 1.